The first-order valence-corrected chi connectivity index (χ1v) is 9.13. The number of ether oxygens (including phenoxy) is 1. The van der Waals surface area contributed by atoms with Crippen molar-refractivity contribution >= 4 is 23.2 Å². The summed E-state index contributed by atoms with van der Waals surface area (Å²) < 4.78 is 18.5. The average molecular weight is 378 g/mol. The number of rotatable bonds is 6. The van der Waals surface area contributed by atoms with Crippen molar-refractivity contribution in [2.75, 3.05) is 6.54 Å². The number of carboxylic acids is 1. The molecule has 1 aromatic heterocycles. The maximum absolute atomic E-state index is 12.9. The number of benzene rings is 1. The van der Waals surface area contributed by atoms with Crippen LogP contribution in [0.4, 0.5) is 4.39 Å². The monoisotopic (exact) mass is 378 g/mol. The van der Waals surface area contributed by atoms with E-state index in [0.717, 1.165) is 6.42 Å². The summed E-state index contributed by atoms with van der Waals surface area (Å²) in [7, 11) is 0. The normalized spacial score (nSPS) is 16.7. The predicted molar refractivity (Wildman–Crippen MR) is 93.9 cm³/mol. The molecule has 1 aromatic carbocycles. The zero-order chi connectivity index (χ0) is 18.7. The summed E-state index contributed by atoms with van der Waals surface area (Å²) in [6, 6.07) is 5.42. The maximum atomic E-state index is 12.9. The molecule has 138 valence electrons. The largest absolute Gasteiger partial charge is 0.486 e. The highest BCUT2D eigenvalue weighted by Crippen LogP contribution is 2.27. The highest BCUT2D eigenvalue weighted by molar-refractivity contribution is 7.13. The number of thiazole rings is 1. The van der Waals surface area contributed by atoms with Crippen LogP contribution >= 0.6 is 11.3 Å². The van der Waals surface area contributed by atoms with E-state index < -0.39 is 5.97 Å². The molecule has 0 bridgehead atoms. The molecule has 0 spiro atoms. The van der Waals surface area contributed by atoms with Crippen LogP contribution in [-0.2, 0) is 11.4 Å². The van der Waals surface area contributed by atoms with Gasteiger partial charge in [0.2, 0.25) is 0 Å². The Morgan fingerprint density at radius 1 is 1.38 bits per heavy atom. The Bertz CT molecular complexity index is 806. The molecule has 1 atom stereocenters. The van der Waals surface area contributed by atoms with Gasteiger partial charge in [-0.05, 0) is 44.0 Å². The first-order chi connectivity index (χ1) is 12.4. The van der Waals surface area contributed by atoms with Crippen LogP contribution in [-0.4, -0.2) is 39.5 Å². The number of hydrogen-bond donors (Lipinski definition) is 1. The molecule has 1 saturated heterocycles. The van der Waals surface area contributed by atoms with Gasteiger partial charge in [-0.1, -0.05) is 0 Å². The SMILES string of the molecule is Cc1nc(COc2ccc(F)cc2)sc1C(=O)N1CCCC1CC(=O)O. The van der Waals surface area contributed by atoms with Crippen LogP contribution in [0.5, 0.6) is 5.75 Å². The number of hydrogen-bond acceptors (Lipinski definition) is 5. The van der Waals surface area contributed by atoms with E-state index in [1.807, 2.05) is 0 Å². The molecule has 3 rings (SSSR count). The fourth-order valence-electron chi connectivity index (χ4n) is 3.04. The van der Waals surface area contributed by atoms with Gasteiger partial charge in [0.05, 0.1) is 12.1 Å². The molecule has 0 saturated carbocycles. The first-order valence-electron chi connectivity index (χ1n) is 8.31. The quantitative estimate of drug-likeness (QED) is 0.835. The average Bonchev–Trinajstić information content (AvgIpc) is 3.20. The van der Waals surface area contributed by atoms with Crippen LogP contribution in [0, 0.1) is 12.7 Å². The van der Waals surface area contributed by atoms with Gasteiger partial charge < -0.3 is 14.7 Å². The number of aromatic nitrogens is 1. The van der Waals surface area contributed by atoms with Gasteiger partial charge in [0.15, 0.2) is 0 Å². The number of nitrogens with zero attached hydrogens (tertiary/aromatic N) is 2. The summed E-state index contributed by atoms with van der Waals surface area (Å²) in [6.07, 6.45) is 1.47. The maximum Gasteiger partial charge on any atom is 0.305 e. The molecule has 1 amide bonds. The van der Waals surface area contributed by atoms with Gasteiger partial charge in [-0.15, -0.1) is 11.3 Å². The van der Waals surface area contributed by atoms with Crippen LogP contribution in [0.2, 0.25) is 0 Å². The van der Waals surface area contributed by atoms with E-state index in [1.165, 1.54) is 35.6 Å². The molecule has 8 heteroatoms. The Hall–Kier alpha value is -2.48. The van der Waals surface area contributed by atoms with Crippen molar-refractivity contribution in [2.24, 2.45) is 0 Å². The molecular formula is C18H19FN2O4S. The minimum absolute atomic E-state index is 0.0376. The van der Waals surface area contributed by atoms with Gasteiger partial charge in [0.1, 0.15) is 28.1 Å². The molecule has 2 aromatic rings. The summed E-state index contributed by atoms with van der Waals surface area (Å²) in [6.45, 7) is 2.51. The van der Waals surface area contributed by atoms with Gasteiger partial charge in [-0.2, -0.15) is 0 Å². The lowest BCUT2D eigenvalue weighted by atomic mass is 10.1. The first kappa shape index (κ1) is 18.3. The highest BCUT2D eigenvalue weighted by Gasteiger charge is 2.32. The Morgan fingerprint density at radius 3 is 2.81 bits per heavy atom. The molecule has 1 aliphatic heterocycles. The fraction of sp³-hybridized carbons (Fsp3) is 0.389. The summed E-state index contributed by atoms with van der Waals surface area (Å²) >= 11 is 1.25. The zero-order valence-electron chi connectivity index (χ0n) is 14.3. The van der Waals surface area contributed by atoms with Crippen molar-refractivity contribution < 1.29 is 23.8 Å². The third-order valence-corrected chi connectivity index (χ3v) is 5.38. The second-order valence-corrected chi connectivity index (χ2v) is 7.24. The minimum Gasteiger partial charge on any atom is -0.486 e. The highest BCUT2D eigenvalue weighted by atomic mass is 32.1. The number of carboxylic acid groups (broad SMARTS) is 1. The van der Waals surface area contributed by atoms with E-state index in [1.54, 1.807) is 11.8 Å². The van der Waals surface area contributed by atoms with Crippen molar-refractivity contribution in [3.8, 4) is 5.75 Å². The summed E-state index contributed by atoms with van der Waals surface area (Å²) in [5.41, 5.74) is 0.610. The number of amides is 1. The van der Waals surface area contributed by atoms with Crippen LogP contribution < -0.4 is 4.74 Å². The molecule has 2 heterocycles. The molecule has 1 N–H and O–H groups in total. The van der Waals surface area contributed by atoms with Gasteiger partial charge in [0, 0.05) is 12.6 Å². The smallest absolute Gasteiger partial charge is 0.305 e. The summed E-state index contributed by atoms with van der Waals surface area (Å²) in [5, 5.41) is 9.65. The Morgan fingerprint density at radius 2 is 2.12 bits per heavy atom. The Balaban J connectivity index is 1.68. The molecular weight excluding hydrogens is 359 g/mol. The van der Waals surface area contributed by atoms with Crippen LogP contribution in [0.15, 0.2) is 24.3 Å². The third-order valence-electron chi connectivity index (χ3n) is 4.26. The molecule has 1 aliphatic rings. The number of halogens is 1. The number of aliphatic carboxylic acids is 1. The van der Waals surface area contributed by atoms with Crippen molar-refractivity contribution in [2.45, 2.75) is 38.8 Å². The number of likely N-dealkylation sites (tertiary alicyclic amines) is 1. The second kappa shape index (κ2) is 7.82. The summed E-state index contributed by atoms with van der Waals surface area (Å²) in [5.74, 6) is -0.883. The predicted octanol–water partition coefficient (Wildman–Crippen LogP) is 3.25. The molecule has 26 heavy (non-hydrogen) atoms. The molecule has 0 aliphatic carbocycles. The number of carbonyl (C=O) groups excluding carboxylic acids is 1. The summed E-state index contributed by atoms with van der Waals surface area (Å²) in [4.78, 5) is 30.3. The van der Waals surface area contributed by atoms with E-state index in [2.05, 4.69) is 4.98 Å². The topological polar surface area (TPSA) is 79.7 Å². The van der Waals surface area contributed by atoms with Crippen LogP contribution in [0.25, 0.3) is 0 Å². The molecule has 1 fully saturated rings. The fourth-order valence-corrected chi connectivity index (χ4v) is 3.97. The van der Waals surface area contributed by atoms with E-state index >= 15 is 0 Å². The Kier molecular flexibility index (Phi) is 5.51. The minimum atomic E-state index is -0.899. The molecule has 6 nitrogen and oxygen atoms in total. The van der Waals surface area contributed by atoms with Gasteiger partial charge >= 0.3 is 5.97 Å². The van der Waals surface area contributed by atoms with Gasteiger partial charge in [-0.3, -0.25) is 9.59 Å². The number of aryl methyl sites for hydroxylation is 1. The van der Waals surface area contributed by atoms with Crippen molar-refractivity contribution in [1.82, 2.24) is 9.88 Å². The second-order valence-electron chi connectivity index (χ2n) is 6.16. The lowest BCUT2D eigenvalue weighted by Gasteiger charge is -2.22. The Labute approximate surface area is 154 Å². The van der Waals surface area contributed by atoms with Crippen molar-refractivity contribution in [3.63, 3.8) is 0 Å². The van der Waals surface area contributed by atoms with Crippen LogP contribution in [0.3, 0.4) is 0 Å². The number of carbonyl (C=O) groups is 2. The standard InChI is InChI=1S/C18H19FN2O4S/c1-11-17(18(24)21-8-2-3-13(21)9-16(22)23)26-15(20-11)10-25-14-6-4-12(19)5-7-14/h4-7,13H,2-3,8-10H2,1H3,(H,22,23). The van der Waals surface area contributed by atoms with Crippen molar-refractivity contribution in [3.05, 3.63) is 45.7 Å². The van der Waals surface area contributed by atoms with E-state index in [0.29, 0.717) is 34.3 Å². The van der Waals surface area contributed by atoms with E-state index in [9.17, 15) is 14.0 Å². The molecule has 1 unspecified atom stereocenters. The zero-order valence-corrected chi connectivity index (χ0v) is 15.1. The van der Waals surface area contributed by atoms with E-state index in [4.69, 9.17) is 9.84 Å². The van der Waals surface area contributed by atoms with Crippen molar-refractivity contribution in [1.29, 1.82) is 0 Å². The third kappa shape index (κ3) is 4.19. The van der Waals surface area contributed by atoms with Gasteiger partial charge in [-0.25, -0.2) is 9.37 Å². The van der Waals surface area contributed by atoms with Crippen LogP contribution in [0.1, 0.15) is 39.6 Å². The lowest BCUT2D eigenvalue weighted by molar-refractivity contribution is -0.137. The van der Waals surface area contributed by atoms with E-state index in [-0.39, 0.29) is 30.8 Å². The molecule has 0 radical (unpaired) electrons. The van der Waals surface area contributed by atoms with Gasteiger partial charge in [0.25, 0.3) is 5.91 Å². The lowest BCUT2D eigenvalue weighted by Crippen LogP contribution is -2.36.